The van der Waals surface area contributed by atoms with Crippen LogP contribution < -0.4 is 5.32 Å². The quantitative estimate of drug-likeness (QED) is 0.784. The second kappa shape index (κ2) is 3.73. The molecule has 1 aliphatic carbocycles. The Kier molecular flexibility index (Phi) is 2.43. The molecule has 1 atom stereocenters. The van der Waals surface area contributed by atoms with E-state index in [9.17, 15) is 13.2 Å². The molecule has 2 fully saturated rings. The van der Waals surface area contributed by atoms with Gasteiger partial charge in [-0.15, -0.1) is 0 Å². The van der Waals surface area contributed by atoms with Crippen molar-refractivity contribution in [3.05, 3.63) is 35.1 Å². The first-order valence-electron chi connectivity index (χ1n) is 6.04. The number of hydrogen-bond donors (Lipinski definition) is 1. The van der Waals surface area contributed by atoms with Gasteiger partial charge in [-0.05, 0) is 44.2 Å². The van der Waals surface area contributed by atoms with E-state index in [0.717, 1.165) is 38.3 Å². The summed E-state index contributed by atoms with van der Waals surface area (Å²) in [5.41, 5.74) is -0.157. The van der Waals surface area contributed by atoms with Crippen molar-refractivity contribution in [2.45, 2.75) is 31.2 Å². The van der Waals surface area contributed by atoms with Gasteiger partial charge in [0.15, 0.2) is 17.5 Å². The Bertz CT molecular complexity index is 448. The molecule has 0 bridgehead atoms. The SMILES string of the molecule is Fc1ccc(C2(C3CC3)CCCN2)c(F)c1F. The lowest BCUT2D eigenvalue weighted by molar-refractivity contribution is 0.312. The van der Waals surface area contributed by atoms with Gasteiger partial charge in [0.1, 0.15) is 0 Å². The molecule has 17 heavy (non-hydrogen) atoms. The Hall–Kier alpha value is -1.03. The van der Waals surface area contributed by atoms with Crippen LogP contribution in [0.2, 0.25) is 0 Å². The van der Waals surface area contributed by atoms with Crippen molar-refractivity contribution in [1.29, 1.82) is 0 Å². The van der Waals surface area contributed by atoms with Crippen LogP contribution in [0.5, 0.6) is 0 Å². The molecule has 0 radical (unpaired) electrons. The smallest absolute Gasteiger partial charge is 0.194 e. The monoisotopic (exact) mass is 241 g/mol. The van der Waals surface area contributed by atoms with Gasteiger partial charge in [-0.2, -0.15) is 0 Å². The molecular weight excluding hydrogens is 227 g/mol. The van der Waals surface area contributed by atoms with Gasteiger partial charge in [-0.3, -0.25) is 0 Å². The lowest BCUT2D eigenvalue weighted by atomic mass is 9.83. The van der Waals surface area contributed by atoms with E-state index < -0.39 is 23.0 Å². The first kappa shape index (κ1) is 11.1. The van der Waals surface area contributed by atoms with E-state index in [1.807, 2.05) is 0 Å². The van der Waals surface area contributed by atoms with Crippen molar-refractivity contribution in [2.75, 3.05) is 6.54 Å². The van der Waals surface area contributed by atoms with Crippen LogP contribution in [-0.4, -0.2) is 6.54 Å². The van der Waals surface area contributed by atoms with Gasteiger partial charge in [-0.1, -0.05) is 6.07 Å². The fourth-order valence-electron chi connectivity index (χ4n) is 3.01. The molecule has 1 saturated heterocycles. The molecule has 1 N–H and O–H groups in total. The molecule has 1 nitrogen and oxygen atoms in total. The van der Waals surface area contributed by atoms with Gasteiger partial charge in [0.2, 0.25) is 0 Å². The summed E-state index contributed by atoms with van der Waals surface area (Å²) in [7, 11) is 0. The number of halogens is 3. The van der Waals surface area contributed by atoms with E-state index in [1.54, 1.807) is 0 Å². The zero-order valence-corrected chi connectivity index (χ0v) is 9.40. The minimum atomic E-state index is -1.35. The summed E-state index contributed by atoms with van der Waals surface area (Å²) in [5.74, 6) is -3.12. The third-order valence-electron chi connectivity index (χ3n) is 3.98. The summed E-state index contributed by atoms with van der Waals surface area (Å²) in [6.45, 7) is 0.814. The van der Waals surface area contributed by atoms with E-state index in [1.165, 1.54) is 6.07 Å². The van der Waals surface area contributed by atoms with E-state index in [-0.39, 0.29) is 0 Å². The first-order valence-corrected chi connectivity index (χ1v) is 6.04. The maximum Gasteiger partial charge on any atom is 0.194 e. The highest BCUT2D eigenvalue weighted by Crippen LogP contribution is 2.51. The van der Waals surface area contributed by atoms with Crippen LogP contribution in [0.4, 0.5) is 13.2 Å². The lowest BCUT2D eigenvalue weighted by Crippen LogP contribution is -2.40. The zero-order valence-electron chi connectivity index (χ0n) is 9.40. The predicted octanol–water partition coefficient (Wildman–Crippen LogP) is 3.09. The maximum atomic E-state index is 13.9. The van der Waals surface area contributed by atoms with Crippen LogP contribution in [0.15, 0.2) is 12.1 Å². The molecule has 1 aromatic rings. The molecule has 4 heteroatoms. The molecule has 92 valence electrons. The molecule has 1 aromatic carbocycles. The maximum absolute atomic E-state index is 13.9. The van der Waals surface area contributed by atoms with Gasteiger partial charge < -0.3 is 5.32 Å². The van der Waals surface area contributed by atoms with E-state index in [0.29, 0.717) is 11.5 Å². The number of benzene rings is 1. The average molecular weight is 241 g/mol. The van der Waals surface area contributed by atoms with Gasteiger partial charge in [0.05, 0.1) is 0 Å². The molecule has 2 aliphatic rings. The standard InChI is InChI=1S/C13H14F3N/c14-10-5-4-9(11(15)12(10)16)13(8-2-3-8)6-1-7-17-13/h4-5,8,17H,1-3,6-7H2. The largest absolute Gasteiger partial charge is 0.307 e. The molecule has 1 unspecified atom stereocenters. The summed E-state index contributed by atoms with van der Waals surface area (Å²) in [4.78, 5) is 0. The highest BCUT2D eigenvalue weighted by Gasteiger charge is 2.49. The Balaban J connectivity index is 2.10. The minimum absolute atomic E-state index is 0.302. The summed E-state index contributed by atoms with van der Waals surface area (Å²) in [6, 6.07) is 2.42. The molecule has 1 saturated carbocycles. The minimum Gasteiger partial charge on any atom is -0.307 e. The van der Waals surface area contributed by atoms with Crippen molar-refractivity contribution in [3.8, 4) is 0 Å². The van der Waals surface area contributed by atoms with Crippen LogP contribution in [0.1, 0.15) is 31.2 Å². The Labute approximate surface area is 98.0 Å². The molecular formula is C13H14F3N. The summed E-state index contributed by atoms with van der Waals surface area (Å²) < 4.78 is 40.2. The van der Waals surface area contributed by atoms with Crippen molar-refractivity contribution < 1.29 is 13.2 Å². The van der Waals surface area contributed by atoms with Crippen molar-refractivity contribution >= 4 is 0 Å². The normalized spacial score (nSPS) is 28.6. The van der Waals surface area contributed by atoms with Crippen molar-refractivity contribution in [1.82, 2.24) is 5.32 Å². The van der Waals surface area contributed by atoms with Crippen molar-refractivity contribution in [2.24, 2.45) is 5.92 Å². The van der Waals surface area contributed by atoms with Crippen LogP contribution in [0, 0.1) is 23.4 Å². The van der Waals surface area contributed by atoms with Crippen LogP contribution in [0.3, 0.4) is 0 Å². The summed E-state index contributed by atoms with van der Waals surface area (Å²) in [6.07, 6.45) is 3.82. The van der Waals surface area contributed by atoms with Crippen LogP contribution in [-0.2, 0) is 5.54 Å². The van der Waals surface area contributed by atoms with Crippen molar-refractivity contribution in [3.63, 3.8) is 0 Å². The predicted molar refractivity (Wildman–Crippen MR) is 58.0 cm³/mol. The van der Waals surface area contributed by atoms with E-state index >= 15 is 0 Å². The highest BCUT2D eigenvalue weighted by atomic mass is 19.2. The average Bonchev–Trinajstić information content (AvgIpc) is 3.07. The second-order valence-electron chi connectivity index (χ2n) is 5.00. The molecule has 0 spiro atoms. The number of nitrogens with one attached hydrogen (secondary N) is 1. The Morgan fingerprint density at radius 3 is 2.47 bits per heavy atom. The Morgan fingerprint density at radius 1 is 1.12 bits per heavy atom. The van der Waals surface area contributed by atoms with Gasteiger partial charge >= 0.3 is 0 Å². The molecule has 1 aliphatic heterocycles. The van der Waals surface area contributed by atoms with Gasteiger partial charge in [-0.25, -0.2) is 13.2 Å². The number of rotatable bonds is 2. The molecule has 0 amide bonds. The molecule has 1 heterocycles. The first-order chi connectivity index (χ1) is 8.15. The third kappa shape index (κ3) is 1.58. The van der Waals surface area contributed by atoms with Crippen LogP contribution in [0.25, 0.3) is 0 Å². The van der Waals surface area contributed by atoms with E-state index in [4.69, 9.17) is 0 Å². The summed E-state index contributed by atoms with van der Waals surface area (Å²) in [5, 5.41) is 3.31. The molecule has 3 rings (SSSR count). The topological polar surface area (TPSA) is 12.0 Å². The third-order valence-corrected chi connectivity index (χ3v) is 3.98. The summed E-state index contributed by atoms with van der Waals surface area (Å²) >= 11 is 0. The van der Waals surface area contributed by atoms with E-state index in [2.05, 4.69) is 5.32 Å². The van der Waals surface area contributed by atoms with Crippen LogP contribution >= 0.6 is 0 Å². The fourth-order valence-corrected chi connectivity index (χ4v) is 3.01. The fraction of sp³-hybridized carbons (Fsp3) is 0.538. The highest BCUT2D eigenvalue weighted by molar-refractivity contribution is 5.31. The lowest BCUT2D eigenvalue weighted by Gasteiger charge is -2.31. The Morgan fingerprint density at radius 2 is 1.88 bits per heavy atom. The second-order valence-corrected chi connectivity index (χ2v) is 5.00. The van der Waals surface area contributed by atoms with Gasteiger partial charge in [0.25, 0.3) is 0 Å². The molecule has 0 aromatic heterocycles. The zero-order chi connectivity index (χ0) is 12.0. The van der Waals surface area contributed by atoms with Gasteiger partial charge in [0, 0.05) is 11.1 Å². The number of hydrogen-bond acceptors (Lipinski definition) is 1.